The van der Waals surface area contributed by atoms with Crippen LogP contribution in [0.2, 0.25) is 0 Å². The minimum atomic E-state index is -2.88. The molecule has 0 spiro atoms. The summed E-state index contributed by atoms with van der Waals surface area (Å²) < 4.78 is 12.8. The molecule has 150 valence electrons. The third-order valence-corrected chi connectivity index (χ3v) is 12.3. The van der Waals surface area contributed by atoms with Gasteiger partial charge in [-0.3, -0.25) is 4.57 Å². The molecule has 1 aliphatic rings. The molecule has 0 bridgehead atoms. The van der Waals surface area contributed by atoms with Gasteiger partial charge in [-0.2, -0.15) is 0 Å². The summed E-state index contributed by atoms with van der Waals surface area (Å²) in [6, 6.07) is 0. The Hall–Kier alpha value is 0.150. The van der Waals surface area contributed by atoms with Crippen LogP contribution in [0, 0.1) is 0 Å². The van der Waals surface area contributed by atoms with E-state index in [0.717, 1.165) is 0 Å². The minimum Gasteiger partial charge on any atom is -0.387 e. The highest BCUT2D eigenvalue weighted by molar-refractivity contribution is 8.69. The van der Waals surface area contributed by atoms with Gasteiger partial charge in [0.2, 0.25) is 0 Å². The maximum atomic E-state index is 10.4. The van der Waals surface area contributed by atoms with Crippen LogP contribution in [0.1, 0.15) is 6.23 Å². The van der Waals surface area contributed by atoms with Crippen molar-refractivity contribution in [2.45, 2.75) is 24.5 Å². The highest BCUT2D eigenvalue weighted by Gasteiger charge is 2.45. The zero-order valence-corrected chi connectivity index (χ0v) is 18.7. The third-order valence-electron chi connectivity index (χ3n) is 3.80. The van der Waals surface area contributed by atoms with Crippen molar-refractivity contribution in [3.8, 4) is 0 Å². The van der Waals surface area contributed by atoms with Gasteiger partial charge < -0.3 is 30.1 Å². The van der Waals surface area contributed by atoms with Gasteiger partial charge in [0.05, 0.1) is 18.8 Å². The number of thiol groups is 2. The molecule has 0 aliphatic carbocycles. The fourth-order valence-corrected chi connectivity index (χ4v) is 14.9. The fourth-order valence-electron chi connectivity index (χ4n) is 2.62. The molecule has 0 amide bonds. The molecule has 5 N–H and O–H groups in total. The van der Waals surface area contributed by atoms with Crippen LogP contribution in [-0.2, 0) is 32.9 Å². The number of aromatic nitrogens is 4. The van der Waals surface area contributed by atoms with Crippen molar-refractivity contribution in [3.63, 3.8) is 0 Å². The lowest BCUT2D eigenvalue weighted by molar-refractivity contribution is -0.0460. The average molecular weight is 490 g/mol. The molecular weight excluding hydrogens is 472 g/mol. The Balaban J connectivity index is 1.75. The summed E-state index contributed by atoms with van der Waals surface area (Å²) in [4.78, 5) is 21.8. The summed E-state index contributed by atoms with van der Waals surface area (Å²) in [5, 5.41) is 20.7. The molecule has 16 heteroatoms. The summed E-state index contributed by atoms with van der Waals surface area (Å²) in [7, 11) is 0. The predicted octanol–water partition coefficient (Wildman–Crippen LogP) is 0.473. The first-order chi connectivity index (χ1) is 12.5. The van der Waals surface area contributed by atoms with Crippen LogP contribution in [0.15, 0.2) is 12.7 Å². The van der Waals surface area contributed by atoms with E-state index in [1.54, 1.807) is 0 Å². The van der Waals surface area contributed by atoms with E-state index in [2.05, 4.69) is 39.4 Å². The molecular formula is C11H17N5O5P2S4. The van der Waals surface area contributed by atoms with Gasteiger partial charge >= 0.3 is 0 Å². The summed E-state index contributed by atoms with van der Waals surface area (Å²) in [5.41, 5.74) is 0.869. The Morgan fingerprint density at radius 1 is 1.26 bits per heavy atom. The van der Waals surface area contributed by atoms with Crippen LogP contribution in [0.3, 0.4) is 0 Å². The number of rotatable bonds is 6. The molecule has 0 aromatic carbocycles. The standard InChI is InChI=1S/C11H17N5O5P2S4/c12-9-6-10(14-2-13-9)16(3-15-6)11-8(18)7(17)5(21-11)1-20-23(26,27)4-22(19,24)25/h2-3,5,7-8,11,17-18H,1,4H2,(H,26,27)(H2,12,13,14)(H2,19,24,25)/t5-,7-,8-,11-/m1/s1. The summed E-state index contributed by atoms with van der Waals surface area (Å²) in [6.07, 6.45) is -1.69. The molecule has 27 heavy (non-hydrogen) atoms. The lowest BCUT2D eigenvalue weighted by Gasteiger charge is -2.22. The van der Waals surface area contributed by atoms with Gasteiger partial charge in [0.25, 0.3) is 0 Å². The third kappa shape index (κ3) is 5.01. The molecule has 3 heterocycles. The molecule has 0 radical (unpaired) electrons. The topological polar surface area (TPSA) is 149 Å². The van der Waals surface area contributed by atoms with Crippen LogP contribution in [0.25, 0.3) is 11.2 Å². The zero-order chi connectivity index (χ0) is 20.0. The summed E-state index contributed by atoms with van der Waals surface area (Å²) >= 11 is 18.3. The monoisotopic (exact) mass is 489 g/mol. The van der Waals surface area contributed by atoms with Crippen LogP contribution in [0.5, 0.6) is 0 Å². The Bertz CT molecular complexity index is 941. The van der Waals surface area contributed by atoms with Crippen LogP contribution < -0.4 is 5.73 Å². The lowest BCUT2D eigenvalue weighted by Crippen LogP contribution is -2.33. The molecule has 3 rings (SSSR count). The van der Waals surface area contributed by atoms with Gasteiger partial charge in [-0.1, -0.05) is 23.6 Å². The number of hydrogen-bond donors (Lipinski definition) is 6. The van der Waals surface area contributed by atoms with Crippen LogP contribution in [-0.4, -0.2) is 65.4 Å². The SMILES string of the molecule is Nc1ncnc2c1ncn2[C@@H]1O[C@H](COP(=S)(S)CP(O)(=S)S)[C@@H](O)[C@H]1O. The van der Waals surface area contributed by atoms with Crippen molar-refractivity contribution in [3.05, 3.63) is 12.7 Å². The number of fused-ring (bicyclic) bond motifs is 1. The second-order valence-corrected chi connectivity index (χ2v) is 19.0. The lowest BCUT2D eigenvalue weighted by atomic mass is 10.1. The number of nitrogen functional groups attached to an aromatic ring is 1. The van der Waals surface area contributed by atoms with Crippen molar-refractivity contribution in [1.29, 1.82) is 0 Å². The number of aliphatic hydroxyl groups excluding tert-OH is 2. The Morgan fingerprint density at radius 2 is 1.96 bits per heavy atom. The zero-order valence-electron chi connectivity index (χ0n) is 13.5. The molecule has 1 fully saturated rings. The van der Waals surface area contributed by atoms with E-state index < -0.39 is 35.5 Å². The van der Waals surface area contributed by atoms with Crippen LogP contribution >= 0.6 is 35.4 Å². The molecule has 2 aromatic heterocycles. The maximum Gasteiger partial charge on any atom is 0.167 e. The van der Waals surface area contributed by atoms with Gasteiger partial charge in [-0.15, -0.1) is 24.5 Å². The number of ether oxygens (including phenoxy) is 1. The smallest absolute Gasteiger partial charge is 0.167 e. The predicted molar refractivity (Wildman–Crippen MR) is 115 cm³/mol. The molecule has 2 unspecified atom stereocenters. The minimum absolute atomic E-state index is 0.0198. The van der Waals surface area contributed by atoms with E-state index >= 15 is 0 Å². The number of anilines is 1. The fraction of sp³-hybridized carbons (Fsp3) is 0.545. The molecule has 1 aliphatic heterocycles. The normalized spacial score (nSPS) is 30.3. The molecule has 10 nitrogen and oxygen atoms in total. The number of hydrogen-bond acceptors (Lipinski definition) is 10. The second kappa shape index (κ2) is 8.11. The number of nitrogens with two attached hydrogens (primary N) is 1. The molecule has 6 atom stereocenters. The molecule has 2 aromatic rings. The average Bonchev–Trinajstić information content (AvgIpc) is 3.07. The first-order valence-corrected chi connectivity index (χ1v) is 15.6. The van der Waals surface area contributed by atoms with Crippen molar-refractivity contribution in [1.82, 2.24) is 19.5 Å². The molecule has 1 saturated heterocycles. The van der Waals surface area contributed by atoms with Crippen molar-refractivity contribution >= 4 is 76.0 Å². The van der Waals surface area contributed by atoms with Crippen LogP contribution in [0.4, 0.5) is 5.82 Å². The Kier molecular flexibility index (Phi) is 6.57. The Labute approximate surface area is 175 Å². The quantitative estimate of drug-likeness (QED) is 0.248. The van der Waals surface area contributed by atoms with E-state index in [0.29, 0.717) is 11.2 Å². The largest absolute Gasteiger partial charge is 0.387 e. The van der Waals surface area contributed by atoms with E-state index in [1.165, 1.54) is 17.2 Å². The highest BCUT2D eigenvalue weighted by atomic mass is 32.9. The van der Waals surface area contributed by atoms with Crippen molar-refractivity contribution in [2.24, 2.45) is 0 Å². The summed E-state index contributed by atoms with van der Waals surface area (Å²) in [6.45, 7) is -0.137. The first kappa shape index (κ1) is 21.8. The van der Waals surface area contributed by atoms with Crippen molar-refractivity contribution in [2.75, 3.05) is 18.2 Å². The van der Waals surface area contributed by atoms with E-state index in [9.17, 15) is 15.1 Å². The molecule has 0 saturated carbocycles. The van der Waals surface area contributed by atoms with E-state index in [1.807, 2.05) is 0 Å². The van der Waals surface area contributed by atoms with Gasteiger partial charge in [0.15, 0.2) is 17.7 Å². The maximum absolute atomic E-state index is 10.4. The number of imidazole rings is 1. The second-order valence-electron chi connectivity index (χ2n) is 5.87. The van der Waals surface area contributed by atoms with E-state index in [-0.39, 0.29) is 18.3 Å². The van der Waals surface area contributed by atoms with Gasteiger partial charge in [-0.25, -0.2) is 15.0 Å². The first-order valence-electron chi connectivity index (χ1n) is 7.44. The summed E-state index contributed by atoms with van der Waals surface area (Å²) in [5.74, 6) is 0.169. The van der Waals surface area contributed by atoms with E-state index in [4.69, 9.17) is 38.6 Å². The Morgan fingerprint density at radius 3 is 2.63 bits per heavy atom. The van der Waals surface area contributed by atoms with Gasteiger partial charge in [-0.05, 0) is 0 Å². The number of nitrogens with zero attached hydrogens (tertiary/aromatic N) is 4. The van der Waals surface area contributed by atoms with Gasteiger partial charge in [0.1, 0.15) is 41.1 Å². The van der Waals surface area contributed by atoms with Gasteiger partial charge in [0, 0.05) is 0 Å². The number of aliphatic hydroxyl groups is 2. The van der Waals surface area contributed by atoms with Crippen molar-refractivity contribution < 1.29 is 24.4 Å². The highest BCUT2D eigenvalue weighted by Crippen LogP contribution is 2.65.